The molecule has 3 nitrogen and oxygen atoms in total. The minimum Gasteiger partial charge on any atom is -0.356 e. The Morgan fingerprint density at radius 1 is 1.27 bits per heavy atom. The fraction of sp³-hybridized carbons (Fsp3) is 0.533. The number of guanidine groups is 1. The molecule has 1 aliphatic carbocycles. The fourth-order valence-corrected chi connectivity index (χ4v) is 2.07. The Labute approximate surface area is 145 Å². The normalized spacial score (nSPS) is 15.2. The zero-order valence-corrected chi connectivity index (χ0v) is 14.7. The molecule has 7 heteroatoms. The molecule has 2 rings (SSSR count). The predicted octanol–water partition coefficient (Wildman–Crippen LogP) is 3.79. The van der Waals surface area contributed by atoms with E-state index < -0.39 is 11.7 Å². The largest absolute Gasteiger partial charge is 0.416 e. The second kappa shape index (κ2) is 8.59. The highest BCUT2D eigenvalue weighted by molar-refractivity contribution is 14.0. The van der Waals surface area contributed by atoms with Crippen LogP contribution in [0.15, 0.2) is 29.3 Å². The molecule has 0 heterocycles. The number of alkyl halides is 3. The quantitative estimate of drug-likeness (QED) is 0.426. The van der Waals surface area contributed by atoms with Crippen LogP contribution in [0.5, 0.6) is 0 Å². The van der Waals surface area contributed by atoms with Crippen molar-refractivity contribution in [1.82, 2.24) is 10.6 Å². The van der Waals surface area contributed by atoms with Crippen molar-refractivity contribution in [1.29, 1.82) is 0 Å². The molecule has 0 saturated heterocycles. The summed E-state index contributed by atoms with van der Waals surface area (Å²) in [7, 11) is 1.65. The lowest BCUT2D eigenvalue weighted by Gasteiger charge is -2.13. The van der Waals surface area contributed by atoms with Crippen LogP contribution >= 0.6 is 24.0 Å². The van der Waals surface area contributed by atoms with Gasteiger partial charge in [0, 0.05) is 20.1 Å². The Bertz CT molecular complexity index is 499. The molecule has 0 amide bonds. The van der Waals surface area contributed by atoms with Crippen molar-refractivity contribution in [3.05, 3.63) is 35.4 Å². The van der Waals surface area contributed by atoms with Gasteiger partial charge in [-0.3, -0.25) is 4.99 Å². The Morgan fingerprint density at radius 3 is 2.59 bits per heavy atom. The zero-order chi connectivity index (χ0) is 15.3. The fourth-order valence-electron chi connectivity index (χ4n) is 2.07. The van der Waals surface area contributed by atoms with Crippen LogP contribution in [0, 0.1) is 5.92 Å². The summed E-state index contributed by atoms with van der Waals surface area (Å²) in [5, 5.41) is 6.20. The average Bonchev–Trinajstić information content (AvgIpc) is 3.26. The first-order chi connectivity index (χ1) is 9.99. The van der Waals surface area contributed by atoms with Crippen LogP contribution in [-0.4, -0.2) is 19.6 Å². The summed E-state index contributed by atoms with van der Waals surface area (Å²) in [4.78, 5) is 4.06. The lowest BCUT2D eigenvalue weighted by atomic mass is 10.1. The standard InChI is InChI=1S/C15H20F3N3.HI/c1-19-14(20-8-7-11-5-6-11)21-10-12-3-2-4-13(9-12)15(16,17)18;/h2-4,9,11H,5-8,10H2,1H3,(H2,19,20,21);1H. The van der Waals surface area contributed by atoms with Gasteiger partial charge in [0.25, 0.3) is 0 Å². The highest BCUT2D eigenvalue weighted by atomic mass is 127. The number of halogens is 4. The number of nitrogens with one attached hydrogen (secondary N) is 2. The predicted molar refractivity (Wildman–Crippen MR) is 92.4 cm³/mol. The summed E-state index contributed by atoms with van der Waals surface area (Å²) in [6, 6.07) is 5.32. The molecule has 1 fully saturated rings. The monoisotopic (exact) mass is 427 g/mol. The molecular formula is C15H21F3IN3. The second-order valence-corrected chi connectivity index (χ2v) is 5.28. The number of hydrogen-bond acceptors (Lipinski definition) is 1. The molecule has 124 valence electrons. The minimum absolute atomic E-state index is 0. The molecule has 1 saturated carbocycles. The third-order valence-corrected chi connectivity index (χ3v) is 3.48. The number of hydrogen-bond donors (Lipinski definition) is 2. The number of aliphatic imine (C=N–C) groups is 1. The minimum atomic E-state index is -4.31. The van der Waals surface area contributed by atoms with E-state index in [0.29, 0.717) is 18.1 Å². The molecule has 0 atom stereocenters. The lowest BCUT2D eigenvalue weighted by molar-refractivity contribution is -0.137. The van der Waals surface area contributed by atoms with E-state index in [1.165, 1.54) is 18.9 Å². The second-order valence-electron chi connectivity index (χ2n) is 5.28. The smallest absolute Gasteiger partial charge is 0.356 e. The maximum absolute atomic E-state index is 12.6. The van der Waals surface area contributed by atoms with Crippen LogP contribution in [0.2, 0.25) is 0 Å². The van der Waals surface area contributed by atoms with Gasteiger partial charge in [0.15, 0.2) is 5.96 Å². The van der Waals surface area contributed by atoms with Gasteiger partial charge < -0.3 is 10.6 Å². The van der Waals surface area contributed by atoms with Crippen LogP contribution in [0.4, 0.5) is 13.2 Å². The van der Waals surface area contributed by atoms with Crippen LogP contribution in [0.1, 0.15) is 30.4 Å². The maximum atomic E-state index is 12.6. The molecule has 0 aliphatic heterocycles. The summed E-state index contributed by atoms with van der Waals surface area (Å²) in [5.41, 5.74) is -0.0477. The topological polar surface area (TPSA) is 36.4 Å². The van der Waals surface area contributed by atoms with Gasteiger partial charge in [0.05, 0.1) is 5.56 Å². The van der Waals surface area contributed by atoms with Gasteiger partial charge in [-0.05, 0) is 30.0 Å². The molecule has 22 heavy (non-hydrogen) atoms. The van der Waals surface area contributed by atoms with Crippen molar-refractivity contribution in [3.63, 3.8) is 0 Å². The van der Waals surface area contributed by atoms with E-state index in [2.05, 4.69) is 15.6 Å². The first kappa shape index (κ1) is 19.1. The summed E-state index contributed by atoms with van der Waals surface area (Å²) in [5.74, 6) is 1.45. The van der Waals surface area contributed by atoms with Gasteiger partial charge in [-0.15, -0.1) is 24.0 Å². The van der Waals surface area contributed by atoms with Crippen molar-refractivity contribution >= 4 is 29.9 Å². The van der Waals surface area contributed by atoms with Crippen LogP contribution in [0.3, 0.4) is 0 Å². The van der Waals surface area contributed by atoms with Gasteiger partial charge in [-0.1, -0.05) is 25.0 Å². The SMILES string of the molecule is CN=C(NCCC1CC1)NCc1cccc(C(F)(F)F)c1.I. The van der Waals surface area contributed by atoms with E-state index in [1.54, 1.807) is 13.1 Å². The first-order valence-electron chi connectivity index (χ1n) is 7.09. The highest BCUT2D eigenvalue weighted by Crippen LogP contribution is 2.31. The molecule has 0 radical (unpaired) electrons. The molecule has 0 aromatic heterocycles. The number of rotatable bonds is 5. The van der Waals surface area contributed by atoms with Gasteiger partial charge in [-0.25, -0.2) is 0 Å². The van der Waals surface area contributed by atoms with Gasteiger partial charge in [0.1, 0.15) is 0 Å². The van der Waals surface area contributed by atoms with E-state index in [1.807, 2.05) is 0 Å². The van der Waals surface area contributed by atoms with E-state index in [4.69, 9.17) is 0 Å². The van der Waals surface area contributed by atoms with Crippen molar-refractivity contribution in [2.45, 2.75) is 32.0 Å². The third-order valence-electron chi connectivity index (χ3n) is 3.48. The van der Waals surface area contributed by atoms with Crippen LogP contribution < -0.4 is 10.6 Å². The van der Waals surface area contributed by atoms with Gasteiger partial charge in [0.2, 0.25) is 0 Å². The van der Waals surface area contributed by atoms with E-state index in [-0.39, 0.29) is 24.0 Å². The Balaban J connectivity index is 0.00000242. The van der Waals surface area contributed by atoms with E-state index in [0.717, 1.165) is 31.0 Å². The van der Waals surface area contributed by atoms with Crippen molar-refractivity contribution in [2.75, 3.05) is 13.6 Å². The Morgan fingerprint density at radius 2 is 2.00 bits per heavy atom. The van der Waals surface area contributed by atoms with E-state index >= 15 is 0 Å². The highest BCUT2D eigenvalue weighted by Gasteiger charge is 2.30. The van der Waals surface area contributed by atoms with E-state index in [9.17, 15) is 13.2 Å². The molecular weight excluding hydrogens is 406 g/mol. The number of nitrogens with zero attached hydrogens (tertiary/aromatic N) is 1. The Kier molecular flexibility index (Phi) is 7.44. The summed E-state index contributed by atoms with van der Waals surface area (Å²) >= 11 is 0. The van der Waals surface area contributed by atoms with Crippen LogP contribution in [-0.2, 0) is 12.7 Å². The molecule has 0 bridgehead atoms. The average molecular weight is 427 g/mol. The molecule has 1 aromatic rings. The molecule has 0 spiro atoms. The molecule has 1 aliphatic rings. The van der Waals surface area contributed by atoms with Crippen molar-refractivity contribution in [2.24, 2.45) is 10.9 Å². The third kappa shape index (κ3) is 6.41. The maximum Gasteiger partial charge on any atom is 0.416 e. The molecule has 1 aromatic carbocycles. The Hall–Kier alpha value is -0.990. The van der Waals surface area contributed by atoms with Crippen molar-refractivity contribution < 1.29 is 13.2 Å². The zero-order valence-electron chi connectivity index (χ0n) is 12.4. The first-order valence-corrected chi connectivity index (χ1v) is 7.09. The summed E-state index contributed by atoms with van der Waals surface area (Å²) in [6.07, 6.45) is -0.583. The summed E-state index contributed by atoms with van der Waals surface area (Å²) < 4.78 is 37.9. The van der Waals surface area contributed by atoms with Gasteiger partial charge >= 0.3 is 6.18 Å². The van der Waals surface area contributed by atoms with Gasteiger partial charge in [-0.2, -0.15) is 13.2 Å². The van der Waals surface area contributed by atoms with Crippen molar-refractivity contribution in [3.8, 4) is 0 Å². The molecule has 0 unspecified atom stereocenters. The summed E-state index contributed by atoms with van der Waals surface area (Å²) in [6.45, 7) is 1.15. The number of benzene rings is 1. The lowest BCUT2D eigenvalue weighted by Crippen LogP contribution is -2.37. The van der Waals surface area contributed by atoms with Crippen LogP contribution in [0.25, 0.3) is 0 Å². The molecule has 2 N–H and O–H groups in total.